The molecular weight excluding hydrogens is 270 g/mol. The van der Waals surface area contributed by atoms with Gasteiger partial charge in [0.2, 0.25) is 5.91 Å². The molecule has 1 N–H and O–H groups in total. The number of rotatable bonds is 3. The number of hydrogen-bond acceptors (Lipinski definition) is 4. The minimum atomic E-state index is -0.305. The minimum Gasteiger partial charge on any atom is -0.453 e. The Kier molecular flexibility index (Phi) is 5.45. The van der Waals surface area contributed by atoms with Crippen molar-refractivity contribution in [1.82, 2.24) is 15.1 Å². The first-order valence-electron chi connectivity index (χ1n) is 7.90. The molecule has 120 valence electrons. The maximum absolute atomic E-state index is 12.5. The van der Waals surface area contributed by atoms with Crippen LogP contribution in [0.5, 0.6) is 0 Å². The Morgan fingerprint density at radius 1 is 1.05 bits per heavy atom. The SMILES string of the molecule is CNC1(CC(=O)N2CCN(C(=O)OC)CC2)CCCCC1. The Hall–Kier alpha value is -1.30. The summed E-state index contributed by atoms with van der Waals surface area (Å²) in [4.78, 5) is 27.5. The van der Waals surface area contributed by atoms with E-state index in [4.69, 9.17) is 4.74 Å². The van der Waals surface area contributed by atoms with Crippen molar-refractivity contribution in [3.8, 4) is 0 Å². The third kappa shape index (κ3) is 3.87. The molecule has 1 saturated heterocycles. The van der Waals surface area contributed by atoms with Gasteiger partial charge in [0, 0.05) is 38.1 Å². The summed E-state index contributed by atoms with van der Waals surface area (Å²) in [5.41, 5.74) is -0.0190. The van der Waals surface area contributed by atoms with E-state index < -0.39 is 0 Å². The molecular formula is C15H27N3O3. The highest BCUT2D eigenvalue weighted by molar-refractivity contribution is 5.78. The van der Waals surface area contributed by atoms with Crippen LogP contribution in [0.25, 0.3) is 0 Å². The highest BCUT2D eigenvalue weighted by Crippen LogP contribution is 2.31. The molecule has 6 nitrogen and oxygen atoms in total. The standard InChI is InChI=1S/C15H27N3O3/c1-16-15(6-4-3-5-7-15)12-13(19)17-8-10-18(11-9-17)14(20)21-2/h16H,3-12H2,1-2H3. The second-order valence-corrected chi connectivity index (χ2v) is 6.11. The quantitative estimate of drug-likeness (QED) is 0.850. The van der Waals surface area contributed by atoms with Crippen LogP contribution in [0.4, 0.5) is 4.79 Å². The largest absolute Gasteiger partial charge is 0.453 e. The van der Waals surface area contributed by atoms with E-state index in [0.717, 1.165) is 12.8 Å². The van der Waals surface area contributed by atoms with Crippen LogP contribution in [0.15, 0.2) is 0 Å². The highest BCUT2D eigenvalue weighted by atomic mass is 16.5. The average molecular weight is 297 g/mol. The molecule has 21 heavy (non-hydrogen) atoms. The Bertz CT molecular complexity index is 372. The van der Waals surface area contributed by atoms with Gasteiger partial charge in [-0.05, 0) is 19.9 Å². The van der Waals surface area contributed by atoms with E-state index >= 15 is 0 Å². The molecule has 0 aromatic carbocycles. The monoisotopic (exact) mass is 297 g/mol. The second kappa shape index (κ2) is 7.11. The minimum absolute atomic E-state index is 0.0190. The number of carbonyl (C=O) groups excluding carboxylic acids is 2. The summed E-state index contributed by atoms with van der Waals surface area (Å²) in [7, 11) is 3.35. The number of nitrogens with zero attached hydrogens (tertiary/aromatic N) is 2. The molecule has 0 aromatic rings. The Labute approximate surface area is 126 Å². The van der Waals surface area contributed by atoms with Gasteiger partial charge in [0.05, 0.1) is 7.11 Å². The summed E-state index contributed by atoms with van der Waals surface area (Å²) in [5.74, 6) is 0.204. The molecule has 0 aromatic heterocycles. The number of nitrogens with one attached hydrogen (secondary N) is 1. The molecule has 0 unspecified atom stereocenters. The lowest BCUT2D eigenvalue weighted by Crippen LogP contribution is -2.54. The van der Waals surface area contributed by atoms with Crippen LogP contribution < -0.4 is 5.32 Å². The Morgan fingerprint density at radius 3 is 2.14 bits per heavy atom. The zero-order valence-corrected chi connectivity index (χ0v) is 13.2. The number of ether oxygens (including phenoxy) is 1. The molecule has 1 heterocycles. The summed E-state index contributed by atoms with van der Waals surface area (Å²) in [5, 5.41) is 3.39. The predicted molar refractivity (Wildman–Crippen MR) is 80.1 cm³/mol. The second-order valence-electron chi connectivity index (χ2n) is 6.11. The number of methoxy groups -OCH3 is 1. The smallest absolute Gasteiger partial charge is 0.409 e. The fourth-order valence-corrected chi connectivity index (χ4v) is 3.41. The number of amides is 2. The average Bonchev–Trinajstić information content (AvgIpc) is 2.55. The van der Waals surface area contributed by atoms with Crippen molar-refractivity contribution < 1.29 is 14.3 Å². The van der Waals surface area contributed by atoms with Crippen molar-refractivity contribution >= 4 is 12.0 Å². The summed E-state index contributed by atoms with van der Waals surface area (Å²) in [6.07, 6.45) is 6.10. The van der Waals surface area contributed by atoms with Crippen LogP contribution in [0.1, 0.15) is 38.5 Å². The van der Waals surface area contributed by atoms with Crippen LogP contribution >= 0.6 is 0 Å². The van der Waals surface area contributed by atoms with E-state index in [1.807, 2.05) is 11.9 Å². The molecule has 0 spiro atoms. The van der Waals surface area contributed by atoms with Gasteiger partial charge in [-0.3, -0.25) is 4.79 Å². The van der Waals surface area contributed by atoms with Gasteiger partial charge < -0.3 is 19.9 Å². The molecule has 2 aliphatic rings. The van der Waals surface area contributed by atoms with E-state index in [1.165, 1.54) is 26.4 Å². The van der Waals surface area contributed by atoms with Crippen molar-refractivity contribution in [1.29, 1.82) is 0 Å². The molecule has 0 radical (unpaired) electrons. The van der Waals surface area contributed by atoms with Crippen molar-refractivity contribution in [3.05, 3.63) is 0 Å². The van der Waals surface area contributed by atoms with Crippen LogP contribution in [0, 0.1) is 0 Å². The van der Waals surface area contributed by atoms with Crippen LogP contribution in [0.3, 0.4) is 0 Å². The van der Waals surface area contributed by atoms with Crippen LogP contribution in [-0.4, -0.2) is 67.7 Å². The first-order chi connectivity index (χ1) is 10.1. The molecule has 0 atom stereocenters. The lowest BCUT2D eigenvalue weighted by atomic mass is 9.79. The molecule has 1 saturated carbocycles. The fourth-order valence-electron chi connectivity index (χ4n) is 3.41. The zero-order valence-electron chi connectivity index (χ0n) is 13.2. The first-order valence-corrected chi connectivity index (χ1v) is 7.90. The normalized spacial score (nSPS) is 22.0. The third-order valence-corrected chi connectivity index (χ3v) is 4.90. The van der Waals surface area contributed by atoms with Crippen molar-refractivity contribution in [3.63, 3.8) is 0 Å². The number of piperazine rings is 1. The molecule has 2 fully saturated rings. The lowest BCUT2D eigenvalue weighted by Gasteiger charge is -2.40. The Balaban J connectivity index is 1.85. The number of carbonyl (C=O) groups is 2. The van der Waals surface area contributed by atoms with Gasteiger partial charge in [-0.1, -0.05) is 19.3 Å². The molecule has 2 rings (SSSR count). The van der Waals surface area contributed by atoms with Gasteiger partial charge in [-0.25, -0.2) is 4.79 Å². The van der Waals surface area contributed by atoms with E-state index in [0.29, 0.717) is 32.6 Å². The van der Waals surface area contributed by atoms with Gasteiger partial charge in [-0.2, -0.15) is 0 Å². The first kappa shape index (κ1) is 16.1. The van der Waals surface area contributed by atoms with Crippen molar-refractivity contribution in [2.45, 2.75) is 44.1 Å². The molecule has 2 amide bonds. The number of hydrogen-bond donors (Lipinski definition) is 1. The summed E-state index contributed by atoms with van der Waals surface area (Å²) in [6, 6.07) is 0. The Morgan fingerprint density at radius 2 is 1.62 bits per heavy atom. The van der Waals surface area contributed by atoms with Gasteiger partial charge in [0.25, 0.3) is 0 Å². The molecule has 0 bridgehead atoms. The van der Waals surface area contributed by atoms with E-state index in [9.17, 15) is 9.59 Å². The van der Waals surface area contributed by atoms with Gasteiger partial charge in [-0.15, -0.1) is 0 Å². The molecule has 1 aliphatic heterocycles. The van der Waals surface area contributed by atoms with Gasteiger partial charge in [0.1, 0.15) is 0 Å². The highest BCUT2D eigenvalue weighted by Gasteiger charge is 2.35. The van der Waals surface area contributed by atoms with E-state index in [2.05, 4.69) is 5.32 Å². The lowest BCUT2D eigenvalue weighted by molar-refractivity contribution is -0.134. The molecule has 1 aliphatic carbocycles. The summed E-state index contributed by atoms with van der Waals surface area (Å²) < 4.78 is 4.71. The maximum Gasteiger partial charge on any atom is 0.409 e. The van der Waals surface area contributed by atoms with Gasteiger partial charge >= 0.3 is 6.09 Å². The summed E-state index contributed by atoms with van der Waals surface area (Å²) >= 11 is 0. The third-order valence-electron chi connectivity index (χ3n) is 4.90. The predicted octanol–water partition coefficient (Wildman–Crippen LogP) is 1.21. The summed E-state index contributed by atoms with van der Waals surface area (Å²) in [6.45, 7) is 2.33. The van der Waals surface area contributed by atoms with Crippen molar-refractivity contribution in [2.75, 3.05) is 40.3 Å². The zero-order chi connectivity index (χ0) is 15.3. The fraction of sp³-hybridized carbons (Fsp3) is 0.867. The van der Waals surface area contributed by atoms with Gasteiger partial charge in [0.15, 0.2) is 0 Å². The van der Waals surface area contributed by atoms with Crippen LogP contribution in [-0.2, 0) is 9.53 Å². The van der Waals surface area contributed by atoms with Crippen molar-refractivity contribution in [2.24, 2.45) is 0 Å². The maximum atomic E-state index is 12.5. The van der Waals surface area contributed by atoms with E-state index in [1.54, 1.807) is 4.90 Å². The van der Waals surface area contributed by atoms with E-state index in [-0.39, 0.29) is 17.5 Å². The topological polar surface area (TPSA) is 61.9 Å². The molecule has 6 heteroatoms. The van der Waals surface area contributed by atoms with Crippen LogP contribution in [0.2, 0.25) is 0 Å².